The van der Waals surface area contributed by atoms with E-state index < -0.39 is 42.3 Å². The third-order valence-corrected chi connectivity index (χ3v) is 5.30. The van der Waals surface area contributed by atoms with Crippen molar-refractivity contribution in [1.29, 1.82) is 0 Å². The molecule has 3 aromatic rings. The van der Waals surface area contributed by atoms with Gasteiger partial charge in [-0.3, -0.25) is 4.90 Å². The first-order chi connectivity index (χ1) is 15.1. The average molecular weight is 470 g/mol. The number of halogens is 5. The summed E-state index contributed by atoms with van der Waals surface area (Å²) in [6.07, 6.45) is -1.71. The van der Waals surface area contributed by atoms with Gasteiger partial charge in [0, 0.05) is 23.8 Å². The molecule has 0 saturated carbocycles. The number of imidazole rings is 1. The smallest absolute Gasteiger partial charge is 0.394 e. The molecule has 168 valence electrons. The summed E-state index contributed by atoms with van der Waals surface area (Å²) >= 11 is 5.88. The van der Waals surface area contributed by atoms with Crippen molar-refractivity contribution in [2.24, 2.45) is 0 Å². The summed E-state index contributed by atoms with van der Waals surface area (Å²) in [5, 5.41) is 12.2. The predicted molar refractivity (Wildman–Crippen MR) is 107 cm³/mol. The molecule has 1 aliphatic rings. The van der Waals surface area contributed by atoms with Crippen molar-refractivity contribution in [1.82, 2.24) is 19.9 Å². The lowest BCUT2D eigenvalue weighted by Crippen LogP contribution is -2.34. The molecule has 1 aromatic carbocycles. The van der Waals surface area contributed by atoms with Crippen molar-refractivity contribution in [3.63, 3.8) is 0 Å². The summed E-state index contributed by atoms with van der Waals surface area (Å²) in [7, 11) is 0. The van der Waals surface area contributed by atoms with E-state index in [0.717, 1.165) is 23.1 Å². The number of aliphatic hydroxyl groups excluding tert-OH is 1. The normalized spacial score (nSPS) is 18.8. The SMILES string of the molecule is Cc1cc(C(F)(F)F)cc(N2C(=O)N[C@H](CO)[C@H]2c2nccn2-c2ccc(F)c(Cl)c2)n1. The van der Waals surface area contributed by atoms with Crippen LogP contribution in [0.1, 0.15) is 23.1 Å². The van der Waals surface area contributed by atoms with Crippen LogP contribution in [0.15, 0.2) is 42.7 Å². The second kappa shape index (κ2) is 8.06. The Labute approximate surface area is 184 Å². The largest absolute Gasteiger partial charge is 0.416 e. The van der Waals surface area contributed by atoms with Crippen LogP contribution in [0.2, 0.25) is 5.02 Å². The van der Waals surface area contributed by atoms with E-state index in [1.807, 2.05) is 0 Å². The summed E-state index contributed by atoms with van der Waals surface area (Å²) in [5.74, 6) is -0.669. The van der Waals surface area contributed by atoms with Crippen LogP contribution in [0.25, 0.3) is 5.69 Å². The molecule has 0 aliphatic carbocycles. The van der Waals surface area contributed by atoms with Crippen LogP contribution in [-0.4, -0.2) is 38.3 Å². The highest BCUT2D eigenvalue weighted by Crippen LogP contribution is 2.37. The number of alkyl halides is 3. The van der Waals surface area contributed by atoms with Gasteiger partial charge < -0.3 is 15.0 Å². The van der Waals surface area contributed by atoms with Crippen molar-refractivity contribution < 1.29 is 27.5 Å². The number of rotatable bonds is 4. The summed E-state index contributed by atoms with van der Waals surface area (Å²) in [6, 6.07) is 2.92. The monoisotopic (exact) mass is 469 g/mol. The van der Waals surface area contributed by atoms with E-state index >= 15 is 0 Å². The number of anilines is 1. The molecule has 0 bridgehead atoms. The van der Waals surface area contributed by atoms with Gasteiger partial charge in [0.05, 0.1) is 23.2 Å². The summed E-state index contributed by atoms with van der Waals surface area (Å²) in [6.45, 7) is 0.870. The number of pyridine rings is 1. The number of amides is 2. The number of carbonyl (C=O) groups excluding carboxylic acids is 1. The van der Waals surface area contributed by atoms with Gasteiger partial charge >= 0.3 is 12.2 Å². The number of aryl methyl sites for hydroxylation is 1. The van der Waals surface area contributed by atoms with E-state index in [0.29, 0.717) is 5.69 Å². The van der Waals surface area contributed by atoms with Crippen LogP contribution >= 0.6 is 11.6 Å². The lowest BCUT2D eigenvalue weighted by Gasteiger charge is -2.26. The first-order valence-electron chi connectivity index (χ1n) is 9.35. The lowest BCUT2D eigenvalue weighted by atomic mass is 10.1. The van der Waals surface area contributed by atoms with E-state index in [2.05, 4.69) is 15.3 Å². The number of aromatic nitrogens is 3. The molecule has 2 atom stereocenters. The highest BCUT2D eigenvalue weighted by molar-refractivity contribution is 6.30. The number of nitrogens with one attached hydrogen (secondary N) is 1. The Hall–Kier alpha value is -3.18. The third kappa shape index (κ3) is 3.89. The quantitative estimate of drug-likeness (QED) is 0.565. The van der Waals surface area contributed by atoms with Crippen LogP contribution in [0.3, 0.4) is 0 Å². The molecule has 2 aromatic heterocycles. The first kappa shape index (κ1) is 22.0. The van der Waals surface area contributed by atoms with E-state index in [9.17, 15) is 27.5 Å². The third-order valence-electron chi connectivity index (χ3n) is 5.01. The maximum atomic E-state index is 13.6. The summed E-state index contributed by atoms with van der Waals surface area (Å²) in [5.41, 5.74) is -0.497. The number of urea groups is 1. The molecule has 4 rings (SSSR count). The van der Waals surface area contributed by atoms with Gasteiger partial charge in [-0.05, 0) is 37.3 Å². The average Bonchev–Trinajstić information content (AvgIpc) is 3.32. The van der Waals surface area contributed by atoms with Gasteiger partial charge in [0.1, 0.15) is 23.5 Å². The molecule has 7 nitrogen and oxygen atoms in total. The summed E-state index contributed by atoms with van der Waals surface area (Å²) in [4.78, 5) is 22.1. The fourth-order valence-corrected chi connectivity index (χ4v) is 3.80. The Kier molecular flexibility index (Phi) is 5.55. The van der Waals surface area contributed by atoms with Crippen molar-refractivity contribution >= 4 is 23.4 Å². The molecule has 2 N–H and O–H groups in total. The zero-order valence-electron chi connectivity index (χ0n) is 16.4. The molecule has 32 heavy (non-hydrogen) atoms. The van der Waals surface area contributed by atoms with E-state index in [1.54, 1.807) is 0 Å². The zero-order valence-corrected chi connectivity index (χ0v) is 17.2. The molecule has 2 amide bonds. The number of hydrogen-bond donors (Lipinski definition) is 2. The summed E-state index contributed by atoms with van der Waals surface area (Å²) < 4.78 is 55.2. The van der Waals surface area contributed by atoms with Crippen molar-refractivity contribution in [2.75, 3.05) is 11.5 Å². The molecule has 1 aliphatic heterocycles. The molecule has 0 radical (unpaired) electrons. The standard InChI is InChI=1S/C20H16ClF4N5O2/c1-10-6-11(20(23,24)25)7-16(27-10)30-17(15(9-31)28-19(30)32)18-26-4-5-29(18)12-2-3-14(22)13(21)8-12/h2-8,15,17,31H,9H2,1H3,(H,28,32)/t15-,17+/m1/s1. The highest BCUT2D eigenvalue weighted by Gasteiger charge is 2.45. The zero-order chi connectivity index (χ0) is 23.2. The van der Waals surface area contributed by atoms with E-state index in [1.165, 1.54) is 36.0 Å². The Morgan fingerprint density at radius 1 is 1.25 bits per heavy atom. The molecular weight excluding hydrogens is 454 g/mol. The minimum Gasteiger partial charge on any atom is -0.394 e. The minimum atomic E-state index is -4.64. The van der Waals surface area contributed by atoms with Crippen molar-refractivity contribution in [2.45, 2.75) is 25.2 Å². The number of carbonyl (C=O) groups is 1. The predicted octanol–water partition coefficient (Wildman–Crippen LogP) is 4.02. The van der Waals surface area contributed by atoms with E-state index in [-0.39, 0.29) is 22.4 Å². The molecular formula is C20H16ClF4N5O2. The second-order valence-electron chi connectivity index (χ2n) is 7.16. The molecule has 1 fully saturated rings. The maximum Gasteiger partial charge on any atom is 0.416 e. The van der Waals surface area contributed by atoms with Gasteiger partial charge in [-0.1, -0.05) is 11.6 Å². The Balaban J connectivity index is 1.85. The minimum absolute atomic E-state index is 0.0579. The van der Waals surface area contributed by atoms with Gasteiger partial charge in [-0.15, -0.1) is 0 Å². The number of aliphatic hydroxyl groups is 1. The molecule has 0 unspecified atom stereocenters. The number of hydrogen-bond acceptors (Lipinski definition) is 4. The lowest BCUT2D eigenvalue weighted by molar-refractivity contribution is -0.137. The van der Waals surface area contributed by atoms with Crippen LogP contribution in [0.4, 0.5) is 28.2 Å². The Bertz CT molecular complexity index is 1180. The fourth-order valence-electron chi connectivity index (χ4n) is 3.63. The van der Waals surface area contributed by atoms with Gasteiger partial charge in [-0.2, -0.15) is 13.2 Å². The van der Waals surface area contributed by atoms with Crippen LogP contribution in [0.5, 0.6) is 0 Å². The van der Waals surface area contributed by atoms with Gasteiger partial charge in [0.2, 0.25) is 0 Å². The fraction of sp³-hybridized carbons (Fsp3) is 0.250. The van der Waals surface area contributed by atoms with Gasteiger partial charge in [0.25, 0.3) is 0 Å². The van der Waals surface area contributed by atoms with Gasteiger partial charge in [0.15, 0.2) is 0 Å². The molecule has 12 heteroatoms. The van der Waals surface area contributed by atoms with E-state index in [4.69, 9.17) is 11.6 Å². The Morgan fingerprint density at radius 3 is 2.66 bits per heavy atom. The van der Waals surface area contributed by atoms with Crippen LogP contribution < -0.4 is 10.2 Å². The van der Waals surface area contributed by atoms with Crippen LogP contribution in [-0.2, 0) is 6.18 Å². The highest BCUT2D eigenvalue weighted by atomic mass is 35.5. The van der Waals surface area contributed by atoms with Crippen molar-refractivity contribution in [3.8, 4) is 5.69 Å². The topological polar surface area (TPSA) is 83.3 Å². The number of benzene rings is 1. The first-order valence-corrected chi connectivity index (χ1v) is 9.73. The molecule has 3 heterocycles. The molecule has 0 spiro atoms. The second-order valence-corrected chi connectivity index (χ2v) is 7.57. The molecule has 1 saturated heterocycles. The van der Waals surface area contributed by atoms with Crippen molar-refractivity contribution in [3.05, 3.63) is 70.6 Å². The number of nitrogens with zero attached hydrogens (tertiary/aromatic N) is 4. The van der Waals surface area contributed by atoms with Gasteiger partial charge in [-0.25, -0.2) is 19.2 Å². The van der Waals surface area contributed by atoms with Crippen LogP contribution in [0, 0.1) is 12.7 Å². The maximum absolute atomic E-state index is 13.6. The Morgan fingerprint density at radius 2 is 2.00 bits per heavy atom.